The number of carbonyl (C=O) groups is 2. The highest BCUT2D eigenvalue weighted by Crippen LogP contribution is 2.21. The van der Waals surface area contributed by atoms with Gasteiger partial charge in [0.25, 0.3) is 17.4 Å². The van der Waals surface area contributed by atoms with Crippen LogP contribution in [0.3, 0.4) is 0 Å². The molecule has 2 aromatic rings. The predicted octanol–water partition coefficient (Wildman–Crippen LogP) is 0.389. The number of nitrogens with one attached hydrogen (secondary N) is 2. The van der Waals surface area contributed by atoms with E-state index in [9.17, 15) is 14.4 Å². The molecule has 25 heavy (non-hydrogen) atoms. The SMILES string of the molecule is CC(NC(=O)c1ccn(C)c1)C1CCN(C(=O)c2cc(=O)[nH]cn2)C1. The van der Waals surface area contributed by atoms with E-state index in [1.54, 1.807) is 17.2 Å². The van der Waals surface area contributed by atoms with Crippen molar-refractivity contribution in [3.8, 4) is 0 Å². The minimum absolute atomic E-state index is 0.0577. The number of carbonyl (C=O) groups excluding carboxylic acids is 2. The Labute approximate surface area is 144 Å². The van der Waals surface area contributed by atoms with Gasteiger partial charge in [0.2, 0.25) is 0 Å². The third-order valence-corrected chi connectivity index (χ3v) is 4.57. The summed E-state index contributed by atoms with van der Waals surface area (Å²) in [5.74, 6) is -0.206. The van der Waals surface area contributed by atoms with Crippen molar-refractivity contribution in [1.29, 1.82) is 0 Å². The van der Waals surface area contributed by atoms with E-state index >= 15 is 0 Å². The van der Waals surface area contributed by atoms with Crippen molar-refractivity contribution < 1.29 is 9.59 Å². The van der Waals surface area contributed by atoms with E-state index in [2.05, 4.69) is 15.3 Å². The van der Waals surface area contributed by atoms with Crippen LogP contribution in [0.4, 0.5) is 0 Å². The van der Waals surface area contributed by atoms with Gasteiger partial charge in [-0.25, -0.2) is 4.98 Å². The molecule has 3 rings (SSSR count). The second-order valence-corrected chi connectivity index (χ2v) is 6.42. The lowest BCUT2D eigenvalue weighted by Crippen LogP contribution is -2.40. The molecule has 0 spiro atoms. The molecule has 1 saturated heterocycles. The highest BCUT2D eigenvalue weighted by molar-refractivity contribution is 5.94. The minimum Gasteiger partial charge on any atom is -0.356 e. The first-order chi connectivity index (χ1) is 11.9. The number of aromatic amines is 1. The summed E-state index contributed by atoms with van der Waals surface area (Å²) < 4.78 is 1.82. The largest absolute Gasteiger partial charge is 0.356 e. The third-order valence-electron chi connectivity index (χ3n) is 4.57. The molecule has 0 radical (unpaired) electrons. The summed E-state index contributed by atoms with van der Waals surface area (Å²) in [7, 11) is 1.86. The van der Waals surface area contributed by atoms with Gasteiger partial charge >= 0.3 is 0 Å². The Kier molecular flexibility index (Phi) is 4.69. The number of likely N-dealkylation sites (tertiary alicyclic amines) is 1. The molecule has 1 aliphatic heterocycles. The fourth-order valence-corrected chi connectivity index (χ4v) is 3.07. The molecule has 0 bridgehead atoms. The molecular formula is C17H21N5O3. The van der Waals surface area contributed by atoms with Crippen LogP contribution in [-0.2, 0) is 7.05 Å². The zero-order valence-electron chi connectivity index (χ0n) is 14.2. The standard InChI is InChI=1S/C17H21N5O3/c1-11(20-16(24)13-3-5-21(2)8-13)12-4-6-22(9-12)17(25)14-7-15(23)19-10-18-14/h3,5,7-8,10-12H,4,6,9H2,1-2H3,(H,20,24)(H,18,19,23). The van der Waals surface area contributed by atoms with E-state index in [1.807, 2.05) is 24.7 Å². The first-order valence-corrected chi connectivity index (χ1v) is 8.21. The Morgan fingerprint density at radius 2 is 2.24 bits per heavy atom. The van der Waals surface area contributed by atoms with Crippen molar-refractivity contribution in [2.24, 2.45) is 13.0 Å². The van der Waals surface area contributed by atoms with Crippen LogP contribution < -0.4 is 10.9 Å². The number of nitrogens with zero attached hydrogens (tertiary/aromatic N) is 3. The molecule has 3 heterocycles. The topological polar surface area (TPSA) is 100 Å². The van der Waals surface area contributed by atoms with Crippen LogP contribution in [-0.4, -0.2) is 50.4 Å². The zero-order chi connectivity index (χ0) is 18.0. The maximum absolute atomic E-state index is 12.4. The van der Waals surface area contributed by atoms with E-state index < -0.39 is 0 Å². The van der Waals surface area contributed by atoms with Crippen LogP contribution in [0.2, 0.25) is 0 Å². The monoisotopic (exact) mass is 343 g/mol. The summed E-state index contributed by atoms with van der Waals surface area (Å²) in [5.41, 5.74) is 0.413. The highest BCUT2D eigenvalue weighted by Gasteiger charge is 2.31. The van der Waals surface area contributed by atoms with Crippen LogP contribution in [0.5, 0.6) is 0 Å². The molecule has 0 aliphatic carbocycles. The summed E-state index contributed by atoms with van der Waals surface area (Å²) in [6.07, 6.45) is 5.62. The van der Waals surface area contributed by atoms with Crippen LogP contribution in [0, 0.1) is 5.92 Å². The smallest absolute Gasteiger partial charge is 0.272 e. The molecule has 0 saturated carbocycles. The number of H-pyrrole nitrogens is 1. The van der Waals surface area contributed by atoms with Crippen LogP contribution in [0.1, 0.15) is 34.2 Å². The summed E-state index contributed by atoms with van der Waals surface area (Å²) >= 11 is 0. The van der Waals surface area contributed by atoms with Gasteiger partial charge in [0.05, 0.1) is 11.9 Å². The maximum atomic E-state index is 12.4. The van der Waals surface area contributed by atoms with Gasteiger partial charge in [-0.15, -0.1) is 0 Å². The minimum atomic E-state index is -0.349. The number of hydrogen-bond acceptors (Lipinski definition) is 4. The van der Waals surface area contributed by atoms with Gasteiger partial charge in [-0.1, -0.05) is 0 Å². The Hall–Kier alpha value is -2.90. The average molecular weight is 343 g/mol. The number of hydrogen-bond donors (Lipinski definition) is 2. The van der Waals surface area contributed by atoms with E-state index in [1.165, 1.54) is 12.4 Å². The quantitative estimate of drug-likeness (QED) is 0.839. The molecule has 2 atom stereocenters. The van der Waals surface area contributed by atoms with Gasteiger partial charge in [0.1, 0.15) is 5.69 Å². The Balaban J connectivity index is 1.59. The predicted molar refractivity (Wildman–Crippen MR) is 91.2 cm³/mol. The second kappa shape index (κ2) is 6.92. The number of rotatable bonds is 4. The Morgan fingerprint density at radius 3 is 2.92 bits per heavy atom. The van der Waals surface area contributed by atoms with Gasteiger partial charge in [0, 0.05) is 44.6 Å². The maximum Gasteiger partial charge on any atom is 0.272 e. The number of aryl methyl sites for hydroxylation is 1. The Morgan fingerprint density at radius 1 is 1.44 bits per heavy atom. The molecule has 2 aromatic heterocycles. The molecular weight excluding hydrogens is 322 g/mol. The van der Waals surface area contributed by atoms with Gasteiger partial charge in [-0.3, -0.25) is 14.4 Å². The van der Waals surface area contributed by atoms with E-state index in [4.69, 9.17) is 0 Å². The number of aromatic nitrogens is 3. The molecule has 8 nitrogen and oxygen atoms in total. The average Bonchev–Trinajstić information content (AvgIpc) is 3.23. The van der Waals surface area contributed by atoms with Gasteiger partial charge in [-0.2, -0.15) is 0 Å². The molecule has 8 heteroatoms. The fourth-order valence-electron chi connectivity index (χ4n) is 3.07. The lowest BCUT2D eigenvalue weighted by Gasteiger charge is -2.21. The summed E-state index contributed by atoms with van der Waals surface area (Å²) in [4.78, 5) is 44.0. The second-order valence-electron chi connectivity index (χ2n) is 6.42. The van der Waals surface area contributed by atoms with Crippen molar-refractivity contribution >= 4 is 11.8 Å². The molecule has 2 N–H and O–H groups in total. The molecule has 2 amide bonds. The van der Waals surface area contributed by atoms with Crippen LogP contribution in [0.25, 0.3) is 0 Å². The highest BCUT2D eigenvalue weighted by atomic mass is 16.2. The summed E-state index contributed by atoms with van der Waals surface area (Å²) in [6, 6.07) is 2.92. The van der Waals surface area contributed by atoms with Crippen LogP contribution >= 0.6 is 0 Å². The van der Waals surface area contributed by atoms with Crippen LogP contribution in [0.15, 0.2) is 35.6 Å². The number of amides is 2. The molecule has 132 valence electrons. The zero-order valence-corrected chi connectivity index (χ0v) is 14.2. The van der Waals surface area contributed by atoms with Crippen molar-refractivity contribution in [1.82, 2.24) is 24.8 Å². The summed E-state index contributed by atoms with van der Waals surface area (Å²) in [5, 5.41) is 3.00. The Bertz CT molecular complexity index is 841. The van der Waals surface area contributed by atoms with E-state index in [0.29, 0.717) is 18.7 Å². The van der Waals surface area contributed by atoms with Crippen molar-refractivity contribution in [2.75, 3.05) is 13.1 Å². The van der Waals surface area contributed by atoms with Crippen molar-refractivity contribution in [3.05, 3.63) is 52.5 Å². The van der Waals surface area contributed by atoms with Gasteiger partial charge < -0.3 is 19.8 Å². The van der Waals surface area contributed by atoms with Crippen molar-refractivity contribution in [3.63, 3.8) is 0 Å². The fraction of sp³-hybridized carbons (Fsp3) is 0.412. The molecule has 1 fully saturated rings. The lowest BCUT2D eigenvalue weighted by atomic mass is 10.0. The van der Waals surface area contributed by atoms with Crippen molar-refractivity contribution in [2.45, 2.75) is 19.4 Å². The first kappa shape index (κ1) is 16.9. The van der Waals surface area contributed by atoms with E-state index in [-0.39, 0.29) is 35.0 Å². The summed E-state index contributed by atoms with van der Waals surface area (Å²) in [6.45, 7) is 3.07. The van der Waals surface area contributed by atoms with E-state index in [0.717, 1.165) is 6.42 Å². The molecule has 0 aromatic carbocycles. The first-order valence-electron chi connectivity index (χ1n) is 8.21. The normalized spacial score (nSPS) is 18.2. The van der Waals surface area contributed by atoms with Gasteiger partial charge in [-0.05, 0) is 25.3 Å². The van der Waals surface area contributed by atoms with Gasteiger partial charge in [0.15, 0.2) is 0 Å². The molecule has 1 aliphatic rings. The third kappa shape index (κ3) is 3.78. The molecule has 2 unspecified atom stereocenters. The lowest BCUT2D eigenvalue weighted by molar-refractivity contribution is 0.0778.